The molecule has 0 spiro atoms. The lowest BCUT2D eigenvalue weighted by Crippen LogP contribution is -2.37. The maximum absolute atomic E-state index is 5.16. The van der Waals surface area contributed by atoms with Crippen LogP contribution < -0.4 is 5.32 Å². The number of hydrogen-bond acceptors (Lipinski definition) is 4. The Labute approximate surface area is 105 Å². The van der Waals surface area contributed by atoms with Crippen LogP contribution in [-0.4, -0.2) is 65.1 Å². The molecule has 0 bridgehead atoms. The maximum Gasteiger partial charge on any atom is 0.0589 e. The number of rotatable bonds is 9. The lowest BCUT2D eigenvalue weighted by atomic mass is 10.0. The summed E-state index contributed by atoms with van der Waals surface area (Å²) in [6.07, 6.45) is 1.08. The zero-order chi connectivity index (χ0) is 12.5. The van der Waals surface area contributed by atoms with Crippen LogP contribution in [0.5, 0.6) is 0 Å². The fourth-order valence-electron chi connectivity index (χ4n) is 1.92. The summed E-state index contributed by atoms with van der Waals surface area (Å²) in [6, 6.07) is 0. The number of nitrogens with zero attached hydrogens (tertiary/aromatic N) is 1. The molecule has 17 heavy (non-hydrogen) atoms. The Morgan fingerprint density at radius 3 is 2.41 bits per heavy atom. The molecule has 0 aromatic heterocycles. The summed E-state index contributed by atoms with van der Waals surface area (Å²) in [5.74, 6) is 0. The van der Waals surface area contributed by atoms with Crippen molar-refractivity contribution in [1.29, 1.82) is 0 Å². The van der Waals surface area contributed by atoms with Crippen LogP contribution in [0.4, 0.5) is 0 Å². The van der Waals surface area contributed by atoms with Gasteiger partial charge >= 0.3 is 0 Å². The van der Waals surface area contributed by atoms with Crippen LogP contribution in [0.3, 0.4) is 0 Å². The summed E-state index contributed by atoms with van der Waals surface area (Å²) in [5.41, 5.74) is 3.08. The van der Waals surface area contributed by atoms with Crippen molar-refractivity contribution in [2.75, 3.05) is 60.2 Å². The highest BCUT2D eigenvalue weighted by Gasteiger charge is 2.13. The van der Waals surface area contributed by atoms with E-state index in [-0.39, 0.29) is 0 Å². The monoisotopic (exact) mass is 242 g/mol. The standard InChI is InChI=1S/C13H26N2O2/c1-12(13-9-14-10-13)11-15(6-8-17-3)5-4-7-16-2/h14H,4-11H2,1-3H3. The molecule has 0 amide bonds. The Hall–Kier alpha value is -0.420. The van der Waals surface area contributed by atoms with Crippen LogP contribution in [0, 0.1) is 0 Å². The highest BCUT2D eigenvalue weighted by atomic mass is 16.5. The SMILES string of the molecule is COCCCN(CCOC)CC(C)=C1CNC1. The maximum atomic E-state index is 5.16. The van der Waals surface area contributed by atoms with Crippen molar-refractivity contribution in [1.82, 2.24) is 10.2 Å². The highest BCUT2D eigenvalue weighted by Crippen LogP contribution is 2.10. The topological polar surface area (TPSA) is 33.7 Å². The second-order valence-electron chi connectivity index (χ2n) is 4.60. The number of methoxy groups -OCH3 is 2. The number of hydrogen-bond donors (Lipinski definition) is 1. The molecule has 1 aliphatic heterocycles. The average Bonchev–Trinajstić information content (AvgIpc) is 2.23. The molecule has 0 aliphatic carbocycles. The summed E-state index contributed by atoms with van der Waals surface area (Å²) in [7, 11) is 3.52. The van der Waals surface area contributed by atoms with Crippen molar-refractivity contribution < 1.29 is 9.47 Å². The van der Waals surface area contributed by atoms with Gasteiger partial charge in [-0.1, -0.05) is 5.57 Å². The van der Waals surface area contributed by atoms with Gasteiger partial charge in [0.1, 0.15) is 0 Å². The van der Waals surface area contributed by atoms with E-state index in [4.69, 9.17) is 9.47 Å². The number of ether oxygens (including phenoxy) is 2. The zero-order valence-corrected chi connectivity index (χ0v) is 11.4. The van der Waals surface area contributed by atoms with Gasteiger partial charge in [-0.05, 0) is 18.9 Å². The van der Waals surface area contributed by atoms with Crippen molar-refractivity contribution >= 4 is 0 Å². The van der Waals surface area contributed by atoms with Crippen LogP contribution in [-0.2, 0) is 9.47 Å². The van der Waals surface area contributed by atoms with E-state index in [2.05, 4.69) is 17.1 Å². The Morgan fingerprint density at radius 1 is 1.18 bits per heavy atom. The van der Waals surface area contributed by atoms with Crippen LogP contribution in [0.1, 0.15) is 13.3 Å². The van der Waals surface area contributed by atoms with Gasteiger partial charge in [0.15, 0.2) is 0 Å². The third-order valence-corrected chi connectivity index (χ3v) is 3.18. The molecule has 1 rings (SSSR count). The van der Waals surface area contributed by atoms with Gasteiger partial charge in [-0.3, -0.25) is 4.90 Å². The summed E-state index contributed by atoms with van der Waals surface area (Å²) < 4.78 is 10.3. The average molecular weight is 242 g/mol. The van der Waals surface area contributed by atoms with Gasteiger partial charge in [-0.2, -0.15) is 0 Å². The zero-order valence-electron chi connectivity index (χ0n) is 11.4. The van der Waals surface area contributed by atoms with Gasteiger partial charge < -0.3 is 14.8 Å². The molecule has 1 fully saturated rings. The van der Waals surface area contributed by atoms with E-state index in [0.29, 0.717) is 0 Å². The van der Waals surface area contributed by atoms with Crippen LogP contribution >= 0.6 is 0 Å². The molecule has 1 saturated heterocycles. The van der Waals surface area contributed by atoms with Gasteiger partial charge in [0, 0.05) is 53.6 Å². The minimum Gasteiger partial charge on any atom is -0.385 e. The van der Waals surface area contributed by atoms with Crippen molar-refractivity contribution in [3.63, 3.8) is 0 Å². The second kappa shape index (κ2) is 8.64. The molecule has 0 atom stereocenters. The van der Waals surface area contributed by atoms with E-state index in [0.717, 1.165) is 52.4 Å². The minimum absolute atomic E-state index is 0.799. The summed E-state index contributed by atoms with van der Waals surface area (Å²) in [6.45, 7) is 9.16. The van der Waals surface area contributed by atoms with Gasteiger partial charge in [0.25, 0.3) is 0 Å². The van der Waals surface area contributed by atoms with Gasteiger partial charge in [-0.25, -0.2) is 0 Å². The van der Waals surface area contributed by atoms with Crippen LogP contribution in [0.25, 0.3) is 0 Å². The largest absolute Gasteiger partial charge is 0.385 e. The predicted molar refractivity (Wildman–Crippen MR) is 70.4 cm³/mol. The van der Waals surface area contributed by atoms with Crippen molar-refractivity contribution in [3.8, 4) is 0 Å². The first-order chi connectivity index (χ1) is 8.27. The molecule has 1 heterocycles. The molecule has 4 nitrogen and oxygen atoms in total. The molecular formula is C13H26N2O2. The Morgan fingerprint density at radius 2 is 1.88 bits per heavy atom. The van der Waals surface area contributed by atoms with Crippen molar-refractivity contribution in [2.45, 2.75) is 13.3 Å². The molecule has 0 aromatic carbocycles. The fourth-order valence-corrected chi connectivity index (χ4v) is 1.92. The fraction of sp³-hybridized carbons (Fsp3) is 0.846. The van der Waals surface area contributed by atoms with E-state index in [9.17, 15) is 0 Å². The normalized spacial score (nSPS) is 15.2. The minimum atomic E-state index is 0.799. The Kier molecular flexibility index (Phi) is 7.44. The first-order valence-electron chi connectivity index (χ1n) is 6.36. The molecule has 0 radical (unpaired) electrons. The molecule has 0 saturated carbocycles. The molecule has 1 aliphatic rings. The van der Waals surface area contributed by atoms with E-state index in [1.165, 1.54) is 5.57 Å². The van der Waals surface area contributed by atoms with Gasteiger partial charge in [-0.15, -0.1) is 0 Å². The lowest BCUT2D eigenvalue weighted by Gasteiger charge is -2.27. The van der Waals surface area contributed by atoms with Crippen LogP contribution in [0.2, 0.25) is 0 Å². The van der Waals surface area contributed by atoms with Crippen molar-refractivity contribution in [2.24, 2.45) is 0 Å². The highest BCUT2D eigenvalue weighted by molar-refractivity contribution is 5.22. The quantitative estimate of drug-likeness (QED) is 0.481. The molecule has 1 N–H and O–H groups in total. The van der Waals surface area contributed by atoms with Crippen molar-refractivity contribution in [3.05, 3.63) is 11.1 Å². The second-order valence-corrected chi connectivity index (χ2v) is 4.60. The smallest absolute Gasteiger partial charge is 0.0589 e. The third-order valence-electron chi connectivity index (χ3n) is 3.18. The molecule has 100 valence electrons. The lowest BCUT2D eigenvalue weighted by molar-refractivity contribution is 0.137. The molecule has 4 heteroatoms. The van der Waals surface area contributed by atoms with Crippen LogP contribution in [0.15, 0.2) is 11.1 Å². The van der Waals surface area contributed by atoms with E-state index in [1.54, 1.807) is 19.8 Å². The van der Waals surface area contributed by atoms with Gasteiger partial charge in [0.05, 0.1) is 6.61 Å². The summed E-state index contributed by atoms with van der Waals surface area (Å²) in [4.78, 5) is 2.45. The summed E-state index contributed by atoms with van der Waals surface area (Å²) >= 11 is 0. The Balaban J connectivity index is 2.33. The number of nitrogens with one attached hydrogen (secondary N) is 1. The molecule has 0 aromatic rings. The first-order valence-corrected chi connectivity index (χ1v) is 6.36. The van der Waals surface area contributed by atoms with E-state index < -0.39 is 0 Å². The third kappa shape index (κ3) is 5.64. The molecular weight excluding hydrogens is 216 g/mol. The van der Waals surface area contributed by atoms with Gasteiger partial charge in [0.2, 0.25) is 0 Å². The van der Waals surface area contributed by atoms with E-state index >= 15 is 0 Å². The predicted octanol–water partition coefficient (Wildman–Crippen LogP) is 0.891. The van der Waals surface area contributed by atoms with E-state index in [1.807, 2.05) is 0 Å². The molecule has 0 unspecified atom stereocenters. The summed E-state index contributed by atoms with van der Waals surface area (Å²) in [5, 5.41) is 3.29. The first kappa shape index (κ1) is 14.6. The Bertz CT molecular complexity index is 236.